The van der Waals surface area contributed by atoms with E-state index in [0.29, 0.717) is 16.5 Å². The number of rotatable bonds is 6. The average Bonchev–Trinajstić information content (AvgIpc) is 2.62. The van der Waals surface area contributed by atoms with Gasteiger partial charge in [-0.15, -0.1) is 0 Å². The molecule has 0 bridgehead atoms. The van der Waals surface area contributed by atoms with E-state index in [2.05, 4.69) is 15.4 Å². The summed E-state index contributed by atoms with van der Waals surface area (Å²) in [5.74, 6) is -0.877. The van der Waals surface area contributed by atoms with E-state index >= 15 is 0 Å². The van der Waals surface area contributed by atoms with E-state index < -0.39 is 5.91 Å². The number of esters is 1. The Morgan fingerprint density at radius 2 is 1.96 bits per heavy atom. The number of ether oxygens (including phenoxy) is 1. The fraction of sp³-hybridized carbons (Fsp3) is 0.167. The summed E-state index contributed by atoms with van der Waals surface area (Å²) in [6, 6.07) is 11.9. The van der Waals surface area contributed by atoms with Crippen molar-refractivity contribution in [1.82, 2.24) is 5.32 Å². The van der Waals surface area contributed by atoms with Crippen LogP contribution in [0.1, 0.15) is 6.42 Å². The Bertz CT molecular complexity index is 868. The number of nitriles is 1. The van der Waals surface area contributed by atoms with Crippen LogP contribution < -0.4 is 10.6 Å². The van der Waals surface area contributed by atoms with Crippen LogP contribution in [-0.2, 0) is 14.3 Å². The fourth-order valence-electron chi connectivity index (χ4n) is 2.19. The highest BCUT2D eigenvalue weighted by Crippen LogP contribution is 2.29. The van der Waals surface area contributed by atoms with Crippen molar-refractivity contribution in [3.05, 3.63) is 48.2 Å². The SMILES string of the molecule is COC(=O)CCN/C=C(/C#N)C(=O)Nc1cccc2c(O)cccc12. The number of carbonyl (C=O) groups excluding carboxylic acids is 2. The summed E-state index contributed by atoms with van der Waals surface area (Å²) in [6.07, 6.45) is 1.37. The van der Waals surface area contributed by atoms with Crippen molar-refractivity contribution in [3.63, 3.8) is 0 Å². The van der Waals surface area contributed by atoms with Crippen LogP contribution in [0.2, 0.25) is 0 Å². The normalized spacial score (nSPS) is 10.8. The molecule has 0 atom stereocenters. The van der Waals surface area contributed by atoms with E-state index in [1.54, 1.807) is 42.5 Å². The van der Waals surface area contributed by atoms with Gasteiger partial charge in [-0.25, -0.2) is 0 Å². The molecule has 3 N–H and O–H groups in total. The molecule has 0 spiro atoms. The molecule has 1 amide bonds. The van der Waals surface area contributed by atoms with Crippen molar-refractivity contribution in [2.24, 2.45) is 0 Å². The first-order valence-corrected chi connectivity index (χ1v) is 7.49. The molecule has 0 heterocycles. The molecule has 2 rings (SSSR count). The Labute approximate surface area is 144 Å². The van der Waals surface area contributed by atoms with Gasteiger partial charge < -0.3 is 20.5 Å². The number of benzene rings is 2. The minimum Gasteiger partial charge on any atom is -0.507 e. The number of hydrogen-bond acceptors (Lipinski definition) is 6. The number of phenols is 1. The number of amides is 1. The van der Waals surface area contributed by atoms with Gasteiger partial charge in [0.2, 0.25) is 0 Å². The number of nitrogens with one attached hydrogen (secondary N) is 2. The van der Waals surface area contributed by atoms with Crippen LogP contribution in [0.15, 0.2) is 48.2 Å². The van der Waals surface area contributed by atoms with Crippen LogP contribution in [0.3, 0.4) is 0 Å². The second-order valence-electron chi connectivity index (χ2n) is 5.08. The molecular formula is C18H17N3O4. The molecule has 0 fully saturated rings. The van der Waals surface area contributed by atoms with Crippen molar-refractivity contribution < 1.29 is 19.4 Å². The lowest BCUT2D eigenvalue weighted by Gasteiger charge is -2.09. The zero-order chi connectivity index (χ0) is 18.2. The highest BCUT2D eigenvalue weighted by molar-refractivity contribution is 6.11. The third-order valence-corrected chi connectivity index (χ3v) is 3.46. The summed E-state index contributed by atoms with van der Waals surface area (Å²) in [4.78, 5) is 23.3. The minimum absolute atomic E-state index is 0.106. The molecule has 2 aromatic rings. The molecule has 0 saturated heterocycles. The van der Waals surface area contributed by atoms with E-state index in [4.69, 9.17) is 5.26 Å². The number of hydrogen-bond donors (Lipinski definition) is 3. The predicted molar refractivity (Wildman–Crippen MR) is 92.6 cm³/mol. The zero-order valence-corrected chi connectivity index (χ0v) is 13.6. The molecule has 0 aromatic heterocycles. The lowest BCUT2D eigenvalue weighted by Crippen LogP contribution is -2.18. The van der Waals surface area contributed by atoms with Crippen LogP contribution in [0, 0.1) is 11.3 Å². The van der Waals surface area contributed by atoms with Crippen molar-refractivity contribution >= 4 is 28.3 Å². The maximum atomic E-state index is 12.3. The molecular weight excluding hydrogens is 322 g/mol. The lowest BCUT2D eigenvalue weighted by molar-refractivity contribution is -0.140. The third kappa shape index (κ3) is 4.48. The van der Waals surface area contributed by atoms with Gasteiger partial charge in [0.1, 0.15) is 17.4 Å². The molecule has 25 heavy (non-hydrogen) atoms. The van der Waals surface area contributed by atoms with E-state index in [1.165, 1.54) is 13.3 Å². The highest BCUT2D eigenvalue weighted by atomic mass is 16.5. The third-order valence-electron chi connectivity index (χ3n) is 3.46. The molecule has 0 saturated carbocycles. The molecule has 0 unspecified atom stereocenters. The van der Waals surface area contributed by atoms with Gasteiger partial charge in [-0.05, 0) is 12.1 Å². The first-order valence-electron chi connectivity index (χ1n) is 7.49. The molecule has 0 radical (unpaired) electrons. The van der Waals surface area contributed by atoms with Gasteiger partial charge in [-0.2, -0.15) is 5.26 Å². The van der Waals surface area contributed by atoms with Gasteiger partial charge in [-0.3, -0.25) is 9.59 Å². The molecule has 128 valence electrons. The zero-order valence-electron chi connectivity index (χ0n) is 13.6. The average molecular weight is 339 g/mol. The van der Waals surface area contributed by atoms with Crippen molar-refractivity contribution in [2.45, 2.75) is 6.42 Å². The van der Waals surface area contributed by atoms with Crippen LogP contribution in [0.25, 0.3) is 10.8 Å². The van der Waals surface area contributed by atoms with Crippen LogP contribution >= 0.6 is 0 Å². The van der Waals surface area contributed by atoms with E-state index in [-0.39, 0.29) is 30.3 Å². The number of phenolic OH excluding ortho intramolecular Hbond substituents is 1. The van der Waals surface area contributed by atoms with Gasteiger partial charge in [0.25, 0.3) is 5.91 Å². The monoisotopic (exact) mass is 339 g/mol. The molecule has 2 aromatic carbocycles. The quantitative estimate of drug-likeness (QED) is 0.321. The number of aromatic hydroxyl groups is 1. The summed E-state index contributed by atoms with van der Waals surface area (Å²) in [5, 5.41) is 25.6. The van der Waals surface area contributed by atoms with E-state index in [0.717, 1.165) is 0 Å². The number of fused-ring (bicyclic) bond motifs is 1. The highest BCUT2D eigenvalue weighted by Gasteiger charge is 2.12. The Hall–Kier alpha value is -3.53. The van der Waals surface area contributed by atoms with Crippen LogP contribution in [0.4, 0.5) is 5.69 Å². The predicted octanol–water partition coefficient (Wildman–Crippen LogP) is 2.04. The van der Waals surface area contributed by atoms with Gasteiger partial charge in [0, 0.05) is 29.2 Å². The van der Waals surface area contributed by atoms with Crippen molar-refractivity contribution in [3.8, 4) is 11.8 Å². The Morgan fingerprint density at radius 3 is 2.68 bits per heavy atom. The molecule has 0 aliphatic rings. The molecule has 7 nitrogen and oxygen atoms in total. The first-order chi connectivity index (χ1) is 12.1. The number of methoxy groups -OCH3 is 1. The number of nitrogens with zero attached hydrogens (tertiary/aromatic N) is 1. The largest absolute Gasteiger partial charge is 0.507 e. The summed E-state index contributed by atoms with van der Waals surface area (Å²) in [5.41, 5.74) is 0.344. The molecule has 7 heteroatoms. The standard InChI is InChI=1S/C18H17N3O4/c1-25-17(23)8-9-20-11-12(10-19)18(24)21-15-6-2-5-14-13(15)4-3-7-16(14)22/h2-7,11,20,22H,8-9H2,1H3,(H,21,24)/b12-11-. The van der Waals surface area contributed by atoms with Gasteiger partial charge in [-0.1, -0.05) is 24.3 Å². The van der Waals surface area contributed by atoms with Crippen LogP contribution in [0.5, 0.6) is 5.75 Å². The minimum atomic E-state index is -0.594. The lowest BCUT2D eigenvalue weighted by atomic mass is 10.1. The van der Waals surface area contributed by atoms with Crippen molar-refractivity contribution in [2.75, 3.05) is 19.0 Å². The fourth-order valence-corrected chi connectivity index (χ4v) is 2.19. The maximum Gasteiger partial charge on any atom is 0.307 e. The number of anilines is 1. The second kappa shape index (κ2) is 8.36. The van der Waals surface area contributed by atoms with E-state index in [9.17, 15) is 14.7 Å². The Kier molecular flexibility index (Phi) is 5.96. The molecule has 0 aliphatic carbocycles. The molecule has 0 aliphatic heterocycles. The summed E-state index contributed by atoms with van der Waals surface area (Å²) >= 11 is 0. The topological polar surface area (TPSA) is 111 Å². The van der Waals surface area contributed by atoms with Crippen LogP contribution in [-0.4, -0.2) is 30.6 Å². The van der Waals surface area contributed by atoms with Gasteiger partial charge in [0.05, 0.1) is 13.5 Å². The number of carbonyl (C=O) groups is 2. The summed E-state index contributed by atoms with van der Waals surface area (Å²) < 4.78 is 4.50. The Balaban J connectivity index is 2.11. The maximum absolute atomic E-state index is 12.3. The van der Waals surface area contributed by atoms with Gasteiger partial charge in [0.15, 0.2) is 0 Å². The smallest absolute Gasteiger partial charge is 0.307 e. The first kappa shape index (κ1) is 17.8. The van der Waals surface area contributed by atoms with Gasteiger partial charge >= 0.3 is 5.97 Å². The summed E-state index contributed by atoms with van der Waals surface area (Å²) in [6.45, 7) is 0.243. The second-order valence-corrected chi connectivity index (χ2v) is 5.08. The van der Waals surface area contributed by atoms with E-state index in [1.807, 2.05) is 0 Å². The Morgan fingerprint density at radius 1 is 1.24 bits per heavy atom. The van der Waals surface area contributed by atoms with Crippen molar-refractivity contribution in [1.29, 1.82) is 5.26 Å². The summed E-state index contributed by atoms with van der Waals surface area (Å²) in [7, 11) is 1.29.